The van der Waals surface area contributed by atoms with Crippen molar-refractivity contribution < 1.29 is 16.5 Å². The van der Waals surface area contributed by atoms with Gasteiger partial charge in [-0.05, 0) is 61.4 Å². The van der Waals surface area contributed by atoms with Crippen molar-refractivity contribution in [1.82, 2.24) is 0 Å². The van der Waals surface area contributed by atoms with Crippen LogP contribution in [-0.4, -0.2) is 43.8 Å². The van der Waals surface area contributed by atoms with Gasteiger partial charge in [0.05, 0.1) is 0 Å². The predicted octanol–water partition coefficient (Wildman–Crippen LogP) is 3.96. The van der Waals surface area contributed by atoms with Crippen LogP contribution in [0.15, 0.2) is 91.0 Å². The lowest BCUT2D eigenvalue weighted by molar-refractivity contribution is 0.316. The highest BCUT2D eigenvalue weighted by atomic mass is 28.5. The van der Waals surface area contributed by atoms with Crippen molar-refractivity contribution >= 4 is 59.3 Å². The Balaban J connectivity index is 2.08. The Labute approximate surface area is 212 Å². The zero-order chi connectivity index (χ0) is 24.8. The van der Waals surface area contributed by atoms with Crippen LogP contribution in [0.4, 0.5) is 0 Å². The third kappa shape index (κ3) is 6.83. The molecule has 0 saturated heterocycles. The Morgan fingerprint density at radius 3 is 1.26 bits per heavy atom. The molecule has 1 unspecified atom stereocenters. The highest BCUT2D eigenvalue weighted by Gasteiger charge is 2.51. The minimum absolute atomic E-state index is 1.12. The molecule has 0 amide bonds. The largest absolute Gasteiger partial charge is 0.436 e. The summed E-state index contributed by atoms with van der Waals surface area (Å²) >= 11 is 0. The second-order valence-corrected chi connectivity index (χ2v) is 25.0. The number of benzene rings is 3. The number of hydrogen-bond donors (Lipinski definition) is 0. The predicted molar refractivity (Wildman–Crippen MR) is 155 cm³/mol. The van der Waals surface area contributed by atoms with E-state index in [1.165, 1.54) is 0 Å². The summed E-state index contributed by atoms with van der Waals surface area (Å²) in [5, 5.41) is 3.38. The zero-order valence-electron chi connectivity index (χ0n) is 21.4. The van der Waals surface area contributed by atoms with Crippen molar-refractivity contribution in [3.05, 3.63) is 91.0 Å². The Kier molecular flexibility index (Phi) is 9.23. The molecule has 182 valence electrons. The summed E-state index contributed by atoms with van der Waals surface area (Å²) in [5.41, 5.74) is 0. The Bertz CT molecular complexity index is 980. The maximum absolute atomic E-state index is 7.25. The van der Waals surface area contributed by atoms with Crippen molar-refractivity contribution in [3.8, 4) is 0 Å². The molecule has 0 aliphatic rings. The van der Waals surface area contributed by atoms with Crippen LogP contribution < -0.4 is 15.6 Å². The van der Waals surface area contributed by atoms with E-state index in [2.05, 4.69) is 119 Å². The maximum atomic E-state index is 7.25. The standard InChI is InChI=1S/C25H38O4Si5/c1-30(2)26-33(7,23-17-11-8-12-18-23)28-32(5,6)29-34(27-31(3)4,24-19-13-9-14-20-24)25-21-15-10-16-22-25/h8-22,30-31H,1-7H3. The minimum Gasteiger partial charge on any atom is -0.436 e. The highest BCUT2D eigenvalue weighted by Crippen LogP contribution is 2.24. The number of rotatable bonds is 11. The monoisotopic (exact) mass is 542 g/mol. The SMILES string of the molecule is C[SiH](C)O[Si](C)(O[Si](C)(C)O[Si](O[SiH](C)C)(c1ccccc1)c1ccccc1)c1ccccc1. The molecule has 34 heavy (non-hydrogen) atoms. The van der Waals surface area contributed by atoms with Crippen LogP contribution >= 0.6 is 0 Å². The fraction of sp³-hybridized carbons (Fsp3) is 0.280. The minimum atomic E-state index is -3.01. The van der Waals surface area contributed by atoms with Crippen LogP contribution in [0.5, 0.6) is 0 Å². The first-order valence-corrected chi connectivity index (χ1v) is 24.5. The van der Waals surface area contributed by atoms with Gasteiger partial charge in [0, 0.05) is 0 Å². The normalized spacial score (nSPS) is 14.4. The summed E-state index contributed by atoms with van der Waals surface area (Å²) in [5.74, 6) is 0. The average Bonchev–Trinajstić information content (AvgIpc) is 2.79. The molecule has 0 heterocycles. The van der Waals surface area contributed by atoms with Crippen molar-refractivity contribution in [2.24, 2.45) is 0 Å². The van der Waals surface area contributed by atoms with Crippen LogP contribution in [0.3, 0.4) is 0 Å². The first-order chi connectivity index (χ1) is 16.1. The molecule has 3 aromatic rings. The molecule has 4 nitrogen and oxygen atoms in total. The fourth-order valence-corrected chi connectivity index (χ4v) is 24.3. The van der Waals surface area contributed by atoms with Crippen LogP contribution in [-0.2, 0) is 16.5 Å². The van der Waals surface area contributed by atoms with Crippen molar-refractivity contribution in [1.29, 1.82) is 0 Å². The van der Waals surface area contributed by atoms with E-state index in [0.717, 1.165) is 15.6 Å². The summed E-state index contributed by atoms with van der Waals surface area (Å²) in [6.45, 7) is 15.3. The second kappa shape index (κ2) is 11.5. The quantitative estimate of drug-likeness (QED) is 0.344. The van der Waals surface area contributed by atoms with Crippen molar-refractivity contribution in [2.75, 3.05) is 0 Å². The van der Waals surface area contributed by atoms with Crippen LogP contribution in [0.1, 0.15) is 0 Å². The summed E-state index contributed by atoms with van der Waals surface area (Å²) in [6, 6.07) is 31.4. The van der Waals surface area contributed by atoms with Gasteiger partial charge in [0.25, 0.3) is 0 Å². The topological polar surface area (TPSA) is 36.9 Å². The summed E-state index contributed by atoms with van der Waals surface area (Å²) in [4.78, 5) is 0. The van der Waals surface area contributed by atoms with E-state index in [-0.39, 0.29) is 0 Å². The molecule has 0 radical (unpaired) electrons. The molecule has 3 rings (SSSR count). The summed E-state index contributed by atoms with van der Waals surface area (Å²) < 4.78 is 27.9. The third-order valence-electron chi connectivity index (χ3n) is 5.30. The molecule has 0 aliphatic heterocycles. The molecular formula is C25H38O4Si5. The van der Waals surface area contributed by atoms with Gasteiger partial charge in [-0.3, -0.25) is 0 Å². The average molecular weight is 543 g/mol. The van der Waals surface area contributed by atoms with E-state index < -0.39 is 43.8 Å². The molecule has 3 aromatic carbocycles. The molecule has 0 spiro atoms. The van der Waals surface area contributed by atoms with Gasteiger partial charge in [0.2, 0.25) is 0 Å². The van der Waals surface area contributed by atoms with Gasteiger partial charge in [-0.1, -0.05) is 91.0 Å². The van der Waals surface area contributed by atoms with E-state index in [9.17, 15) is 0 Å². The van der Waals surface area contributed by atoms with Crippen molar-refractivity contribution in [3.63, 3.8) is 0 Å². The van der Waals surface area contributed by atoms with E-state index >= 15 is 0 Å². The molecule has 0 aliphatic carbocycles. The molecule has 0 bridgehead atoms. The third-order valence-corrected chi connectivity index (χ3v) is 22.4. The van der Waals surface area contributed by atoms with Crippen molar-refractivity contribution in [2.45, 2.75) is 45.8 Å². The Morgan fingerprint density at radius 2 is 0.882 bits per heavy atom. The molecule has 0 aromatic heterocycles. The van der Waals surface area contributed by atoms with Crippen LogP contribution in [0.2, 0.25) is 45.8 Å². The van der Waals surface area contributed by atoms with E-state index in [1.54, 1.807) is 0 Å². The van der Waals surface area contributed by atoms with Crippen LogP contribution in [0.25, 0.3) is 0 Å². The smallest absolute Gasteiger partial charge is 0.387 e. The van der Waals surface area contributed by atoms with Gasteiger partial charge in [0.15, 0.2) is 18.1 Å². The van der Waals surface area contributed by atoms with Gasteiger partial charge < -0.3 is 16.5 Å². The number of hydrogen-bond acceptors (Lipinski definition) is 4. The van der Waals surface area contributed by atoms with E-state index in [1.807, 2.05) is 18.2 Å². The lowest BCUT2D eigenvalue weighted by Crippen LogP contribution is -2.71. The fourth-order valence-electron chi connectivity index (χ4n) is 4.27. The van der Waals surface area contributed by atoms with Gasteiger partial charge in [-0.2, -0.15) is 0 Å². The molecule has 9 heteroatoms. The molecule has 0 N–H and O–H groups in total. The first kappa shape index (κ1) is 27.2. The molecule has 0 saturated carbocycles. The Morgan fingerprint density at radius 1 is 0.500 bits per heavy atom. The highest BCUT2D eigenvalue weighted by molar-refractivity contribution is 7.01. The molecule has 0 fully saturated rings. The maximum Gasteiger partial charge on any atom is 0.387 e. The van der Waals surface area contributed by atoms with Gasteiger partial charge in [0.1, 0.15) is 0 Å². The zero-order valence-corrected chi connectivity index (χ0v) is 26.8. The molecular weight excluding hydrogens is 505 g/mol. The first-order valence-electron chi connectivity index (χ1n) is 12.0. The van der Waals surface area contributed by atoms with E-state index in [4.69, 9.17) is 16.5 Å². The molecule has 1 atom stereocenters. The summed E-state index contributed by atoms with van der Waals surface area (Å²) in [6.07, 6.45) is 0. The van der Waals surface area contributed by atoms with Gasteiger partial charge in [-0.15, -0.1) is 0 Å². The second-order valence-electron chi connectivity index (χ2n) is 9.60. The van der Waals surface area contributed by atoms with Gasteiger partial charge in [-0.25, -0.2) is 0 Å². The van der Waals surface area contributed by atoms with Crippen LogP contribution in [0, 0.1) is 0 Å². The lowest BCUT2D eigenvalue weighted by Gasteiger charge is -2.43. The van der Waals surface area contributed by atoms with E-state index in [0.29, 0.717) is 0 Å². The lowest BCUT2D eigenvalue weighted by atomic mass is 10.4. The Hall–Kier alpha value is -1.42. The van der Waals surface area contributed by atoms with Gasteiger partial charge >= 0.3 is 25.7 Å². The summed E-state index contributed by atoms with van der Waals surface area (Å²) in [7, 11) is -11.3.